The Morgan fingerprint density at radius 1 is 1.38 bits per heavy atom. The number of carboxylic acid groups (broad SMARTS) is 1. The molecule has 1 rings (SSSR count). The maximum absolute atomic E-state index is 13.6. The summed E-state index contributed by atoms with van der Waals surface area (Å²) in [5, 5.41) is 11.5. The standard InChI is InChI=1S/C17H22FNO5/c1-5-6-23-13-8-11(7-12(18)10-13)9-14(15(20)21)19-16(22)24-17(2,3)4/h5,7-8,10,14H,1,6,9H2,2-4H3,(H,19,22)(H,20,21). The van der Waals surface area contributed by atoms with Crippen molar-refractivity contribution < 1.29 is 28.6 Å². The minimum atomic E-state index is -1.26. The molecule has 0 aliphatic carbocycles. The molecular formula is C17H22FNO5. The number of carbonyl (C=O) groups excluding carboxylic acids is 1. The first kappa shape index (κ1) is 19.5. The molecule has 132 valence electrons. The summed E-state index contributed by atoms with van der Waals surface area (Å²) in [5.41, 5.74) is -0.380. The lowest BCUT2D eigenvalue weighted by molar-refractivity contribution is -0.139. The van der Waals surface area contributed by atoms with Crippen LogP contribution < -0.4 is 10.1 Å². The molecule has 0 fully saturated rings. The minimum Gasteiger partial charge on any atom is -0.489 e. The van der Waals surface area contributed by atoms with Gasteiger partial charge in [0.25, 0.3) is 0 Å². The van der Waals surface area contributed by atoms with Crippen molar-refractivity contribution in [2.24, 2.45) is 0 Å². The van der Waals surface area contributed by atoms with Gasteiger partial charge in [0.05, 0.1) is 0 Å². The van der Waals surface area contributed by atoms with Crippen molar-refractivity contribution in [2.45, 2.75) is 38.8 Å². The maximum Gasteiger partial charge on any atom is 0.408 e. The summed E-state index contributed by atoms with van der Waals surface area (Å²) in [5.74, 6) is -1.56. The summed E-state index contributed by atoms with van der Waals surface area (Å²) >= 11 is 0. The Morgan fingerprint density at radius 3 is 2.58 bits per heavy atom. The van der Waals surface area contributed by atoms with E-state index in [1.54, 1.807) is 20.8 Å². The van der Waals surface area contributed by atoms with E-state index in [-0.39, 0.29) is 18.8 Å². The molecule has 6 nitrogen and oxygen atoms in total. The van der Waals surface area contributed by atoms with Gasteiger partial charge in [-0.25, -0.2) is 14.0 Å². The number of benzene rings is 1. The number of carbonyl (C=O) groups is 2. The molecule has 0 saturated heterocycles. The molecule has 0 bridgehead atoms. The fourth-order valence-electron chi connectivity index (χ4n) is 1.86. The van der Waals surface area contributed by atoms with Gasteiger partial charge in [0.2, 0.25) is 0 Å². The van der Waals surface area contributed by atoms with Crippen LogP contribution in [0.1, 0.15) is 26.3 Å². The number of alkyl carbamates (subject to hydrolysis) is 1. The van der Waals surface area contributed by atoms with Crippen LogP contribution in [0.3, 0.4) is 0 Å². The van der Waals surface area contributed by atoms with E-state index >= 15 is 0 Å². The highest BCUT2D eigenvalue weighted by molar-refractivity contribution is 5.80. The van der Waals surface area contributed by atoms with Gasteiger partial charge < -0.3 is 19.9 Å². The van der Waals surface area contributed by atoms with Gasteiger partial charge in [-0.3, -0.25) is 0 Å². The van der Waals surface area contributed by atoms with Gasteiger partial charge in [0.15, 0.2) is 0 Å². The summed E-state index contributed by atoms with van der Waals surface area (Å²) in [6, 6.07) is 2.63. The molecule has 1 aromatic carbocycles. The fourth-order valence-corrected chi connectivity index (χ4v) is 1.86. The average Bonchev–Trinajstić information content (AvgIpc) is 2.41. The van der Waals surface area contributed by atoms with Crippen LogP contribution in [-0.4, -0.2) is 35.4 Å². The largest absolute Gasteiger partial charge is 0.489 e. The lowest BCUT2D eigenvalue weighted by Crippen LogP contribution is -2.44. The summed E-state index contributed by atoms with van der Waals surface area (Å²) in [6.45, 7) is 8.69. The Balaban J connectivity index is 2.85. The number of hydrogen-bond donors (Lipinski definition) is 2. The molecule has 1 amide bonds. The third kappa shape index (κ3) is 7.13. The third-order valence-corrected chi connectivity index (χ3v) is 2.73. The molecule has 0 aliphatic rings. The Hall–Kier alpha value is -2.57. The van der Waals surface area contributed by atoms with Crippen LogP contribution in [0.25, 0.3) is 0 Å². The molecular weight excluding hydrogens is 317 g/mol. The Labute approximate surface area is 140 Å². The molecule has 2 N–H and O–H groups in total. The Bertz CT molecular complexity index is 609. The van der Waals surface area contributed by atoms with E-state index in [2.05, 4.69) is 11.9 Å². The van der Waals surface area contributed by atoms with Gasteiger partial charge in [-0.15, -0.1) is 0 Å². The SMILES string of the molecule is C=CCOc1cc(F)cc(CC(NC(=O)OC(C)(C)C)C(=O)O)c1. The van der Waals surface area contributed by atoms with Gasteiger partial charge in [0.1, 0.15) is 29.8 Å². The summed E-state index contributed by atoms with van der Waals surface area (Å²) in [4.78, 5) is 23.1. The number of aliphatic carboxylic acids is 1. The smallest absolute Gasteiger partial charge is 0.408 e. The molecule has 0 saturated carbocycles. The zero-order valence-electron chi connectivity index (χ0n) is 14.0. The first-order chi connectivity index (χ1) is 11.1. The molecule has 0 radical (unpaired) electrons. The quantitative estimate of drug-likeness (QED) is 0.746. The number of hydrogen-bond acceptors (Lipinski definition) is 4. The van der Waals surface area contributed by atoms with Crippen LogP contribution in [0.4, 0.5) is 9.18 Å². The third-order valence-electron chi connectivity index (χ3n) is 2.73. The second-order valence-electron chi connectivity index (χ2n) is 6.14. The second kappa shape index (κ2) is 8.33. The molecule has 0 heterocycles. The fraction of sp³-hybridized carbons (Fsp3) is 0.412. The van der Waals surface area contributed by atoms with E-state index < -0.39 is 29.5 Å². The molecule has 0 spiro atoms. The molecule has 1 unspecified atom stereocenters. The normalized spacial score (nSPS) is 12.2. The van der Waals surface area contributed by atoms with E-state index in [1.807, 2.05) is 0 Å². The van der Waals surface area contributed by atoms with Gasteiger partial charge >= 0.3 is 12.1 Å². The zero-order chi connectivity index (χ0) is 18.3. The number of ether oxygens (including phenoxy) is 2. The predicted octanol–water partition coefficient (Wildman–Crippen LogP) is 2.91. The lowest BCUT2D eigenvalue weighted by Gasteiger charge is -2.22. The van der Waals surface area contributed by atoms with Crippen LogP contribution in [0.15, 0.2) is 30.9 Å². The Kier molecular flexibility index (Phi) is 6.76. The number of amides is 1. The van der Waals surface area contributed by atoms with Crippen molar-refractivity contribution in [3.8, 4) is 5.75 Å². The van der Waals surface area contributed by atoms with E-state index in [0.29, 0.717) is 5.56 Å². The van der Waals surface area contributed by atoms with Crippen molar-refractivity contribution in [2.75, 3.05) is 6.61 Å². The lowest BCUT2D eigenvalue weighted by atomic mass is 10.1. The van der Waals surface area contributed by atoms with E-state index in [1.165, 1.54) is 24.3 Å². The topological polar surface area (TPSA) is 84.9 Å². The summed E-state index contributed by atoms with van der Waals surface area (Å²) in [7, 11) is 0. The van der Waals surface area contributed by atoms with Gasteiger partial charge in [-0.1, -0.05) is 12.7 Å². The van der Waals surface area contributed by atoms with E-state index in [9.17, 15) is 19.1 Å². The second-order valence-corrected chi connectivity index (χ2v) is 6.14. The van der Waals surface area contributed by atoms with Gasteiger partial charge in [-0.05, 0) is 38.5 Å². The van der Waals surface area contributed by atoms with Gasteiger partial charge in [0, 0.05) is 12.5 Å². The van der Waals surface area contributed by atoms with Crippen molar-refractivity contribution in [3.05, 3.63) is 42.2 Å². The molecule has 1 aromatic rings. The van der Waals surface area contributed by atoms with Gasteiger partial charge in [-0.2, -0.15) is 0 Å². The van der Waals surface area contributed by atoms with Crippen molar-refractivity contribution in [3.63, 3.8) is 0 Å². The number of rotatable bonds is 7. The molecule has 0 aliphatic heterocycles. The molecule has 1 atom stereocenters. The first-order valence-corrected chi connectivity index (χ1v) is 7.36. The van der Waals surface area contributed by atoms with Crippen LogP contribution in [0.5, 0.6) is 5.75 Å². The molecule has 7 heteroatoms. The summed E-state index contributed by atoms with van der Waals surface area (Å²) < 4.78 is 23.9. The van der Waals surface area contributed by atoms with Crippen LogP contribution >= 0.6 is 0 Å². The minimum absolute atomic E-state index is 0.114. The van der Waals surface area contributed by atoms with Crippen molar-refractivity contribution in [1.82, 2.24) is 5.32 Å². The number of nitrogens with one attached hydrogen (secondary N) is 1. The van der Waals surface area contributed by atoms with E-state index in [0.717, 1.165) is 0 Å². The average molecular weight is 339 g/mol. The van der Waals surface area contributed by atoms with E-state index in [4.69, 9.17) is 9.47 Å². The number of halogens is 1. The Morgan fingerprint density at radius 2 is 2.04 bits per heavy atom. The highest BCUT2D eigenvalue weighted by Crippen LogP contribution is 2.18. The zero-order valence-corrected chi connectivity index (χ0v) is 14.0. The van der Waals surface area contributed by atoms with Crippen LogP contribution in [0.2, 0.25) is 0 Å². The van der Waals surface area contributed by atoms with Crippen LogP contribution in [-0.2, 0) is 16.0 Å². The highest BCUT2D eigenvalue weighted by Gasteiger charge is 2.24. The predicted molar refractivity (Wildman–Crippen MR) is 86.6 cm³/mol. The van der Waals surface area contributed by atoms with Crippen molar-refractivity contribution >= 4 is 12.1 Å². The number of carboxylic acids is 1. The first-order valence-electron chi connectivity index (χ1n) is 7.36. The summed E-state index contributed by atoms with van der Waals surface area (Å²) in [6.07, 6.45) is 0.542. The van der Waals surface area contributed by atoms with Crippen LogP contribution in [0, 0.1) is 5.82 Å². The molecule has 24 heavy (non-hydrogen) atoms. The molecule has 0 aromatic heterocycles. The maximum atomic E-state index is 13.6. The monoisotopic (exact) mass is 339 g/mol. The highest BCUT2D eigenvalue weighted by atomic mass is 19.1. The van der Waals surface area contributed by atoms with Crippen molar-refractivity contribution in [1.29, 1.82) is 0 Å².